The first kappa shape index (κ1) is 15.8. The van der Waals surface area contributed by atoms with Crippen molar-refractivity contribution in [3.05, 3.63) is 0 Å². The molecule has 1 fully saturated rings. The van der Waals surface area contributed by atoms with Gasteiger partial charge in [0.25, 0.3) is 0 Å². The number of hydrogen-bond acceptors (Lipinski definition) is 2. The highest BCUT2D eigenvalue weighted by Crippen LogP contribution is 2.25. The summed E-state index contributed by atoms with van der Waals surface area (Å²) in [5, 5.41) is 3.36. The molecule has 1 heterocycles. The smallest absolute Gasteiger partial charge is 0.381 e. The molecule has 1 aliphatic heterocycles. The lowest BCUT2D eigenvalue weighted by molar-refractivity contribution is -0.135. The number of rotatable bonds is 8. The molecule has 0 aromatic carbocycles. The Morgan fingerprint density at radius 1 is 1.39 bits per heavy atom. The Morgan fingerprint density at radius 3 is 2.72 bits per heavy atom. The van der Waals surface area contributed by atoms with E-state index in [2.05, 4.69) is 12.2 Å². The summed E-state index contributed by atoms with van der Waals surface area (Å²) in [6, 6.07) is 0.207. The lowest BCUT2D eigenvalue weighted by Gasteiger charge is -2.21. The molecule has 0 saturated carbocycles. The van der Waals surface area contributed by atoms with E-state index >= 15 is 0 Å². The van der Waals surface area contributed by atoms with E-state index in [1.54, 1.807) is 0 Å². The van der Waals surface area contributed by atoms with E-state index < -0.39 is 12.6 Å². The topological polar surface area (TPSA) is 21.3 Å². The van der Waals surface area contributed by atoms with Crippen LogP contribution in [0.15, 0.2) is 0 Å². The molecule has 2 nitrogen and oxygen atoms in total. The second kappa shape index (κ2) is 8.00. The molecule has 18 heavy (non-hydrogen) atoms. The van der Waals surface area contributed by atoms with Crippen molar-refractivity contribution in [2.24, 2.45) is 5.92 Å². The van der Waals surface area contributed by atoms with Gasteiger partial charge in [-0.1, -0.05) is 6.92 Å². The van der Waals surface area contributed by atoms with Crippen LogP contribution in [0.2, 0.25) is 0 Å². The van der Waals surface area contributed by atoms with Gasteiger partial charge in [0, 0.05) is 25.7 Å². The van der Waals surface area contributed by atoms with Crippen LogP contribution in [0.25, 0.3) is 0 Å². The minimum absolute atomic E-state index is 0.207. The fraction of sp³-hybridized carbons (Fsp3) is 1.00. The molecule has 108 valence electrons. The number of nitrogens with one attached hydrogen (secondary N) is 1. The highest BCUT2D eigenvalue weighted by molar-refractivity contribution is 4.75. The third kappa shape index (κ3) is 7.21. The summed E-state index contributed by atoms with van der Waals surface area (Å²) in [7, 11) is 0. The van der Waals surface area contributed by atoms with Gasteiger partial charge in [0.2, 0.25) is 0 Å². The maximum Gasteiger partial charge on any atom is 0.389 e. The minimum Gasteiger partial charge on any atom is -0.381 e. The van der Waals surface area contributed by atoms with Gasteiger partial charge < -0.3 is 10.1 Å². The Balaban J connectivity index is 2.25. The Labute approximate surface area is 107 Å². The van der Waals surface area contributed by atoms with Gasteiger partial charge in [-0.15, -0.1) is 0 Å². The van der Waals surface area contributed by atoms with Crippen molar-refractivity contribution in [2.75, 3.05) is 19.8 Å². The van der Waals surface area contributed by atoms with Crippen molar-refractivity contribution in [2.45, 2.75) is 57.7 Å². The van der Waals surface area contributed by atoms with E-state index in [9.17, 15) is 13.2 Å². The van der Waals surface area contributed by atoms with Crippen LogP contribution in [0.3, 0.4) is 0 Å². The SMILES string of the molecule is CCCNC(CCCC(F)(F)F)CC1CCOC1. The Morgan fingerprint density at radius 2 is 2.17 bits per heavy atom. The largest absolute Gasteiger partial charge is 0.389 e. The second-order valence-corrected chi connectivity index (χ2v) is 5.12. The van der Waals surface area contributed by atoms with Gasteiger partial charge in [0.1, 0.15) is 0 Å². The number of alkyl halides is 3. The average molecular weight is 267 g/mol. The summed E-state index contributed by atoms with van der Waals surface area (Å²) in [6.45, 7) is 4.51. The van der Waals surface area contributed by atoms with Crippen molar-refractivity contribution in [1.82, 2.24) is 5.32 Å². The van der Waals surface area contributed by atoms with Gasteiger partial charge in [-0.3, -0.25) is 0 Å². The van der Waals surface area contributed by atoms with Gasteiger partial charge in [-0.2, -0.15) is 13.2 Å². The lowest BCUT2D eigenvalue weighted by Crippen LogP contribution is -2.32. The van der Waals surface area contributed by atoms with E-state index in [-0.39, 0.29) is 12.5 Å². The molecule has 0 bridgehead atoms. The zero-order chi connectivity index (χ0) is 13.4. The van der Waals surface area contributed by atoms with Gasteiger partial charge in [0.05, 0.1) is 0 Å². The zero-order valence-corrected chi connectivity index (χ0v) is 11.1. The van der Waals surface area contributed by atoms with Crippen LogP contribution >= 0.6 is 0 Å². The molecule has 1 N–H and O–H groups in total. The van der Waals surface area contributed by atoms with E-state index in [1.807, 2.05) is 0 Å². The standard InChI is InChI=1S/C13H24F3NO/c1-2-7-17-12(4-3-6-13(14,15)16)9-11-5-8-18-10-11/h11-12,17H,2-10H2,1H3. The zero-order valence-electron chi connectivity index (χ0n) is 11.1. The van der Waals surface area contributed by atoms with Crippen LogP contribution in [0, 0.1) is 5.92 Å². The molecule has 0 aliphatic carbocycles. The third-order valence-corrected chi connectivity index (χ3v) is 3.34. The first-order chi connectivity index (χ1) is 8.51. The van der Waals surface area contributed by atoms with Crippen molar-refractivity contribution >= 4 is 0 Å². The van der Waals surface area contributed by atoms with E-state index in [1.165, 1.54) is 0 Å². The molecule has 2 atom stereocenters. The monoisotopic (exact) mass is 267 g/mol. The molecule has 0 amide bonds. The quantitative estimate of drug-likeness (QED) is 0.726. The van der Waals surface area contributed by atoms with Crippen LogP contribution in [0.4, 0.5) is 13.2 Å². The van der Waals surface area contributed by atoms with Crippen LogP contribution in [-0.4, -0.2) is 32.0 Å². The maximum absolute atomic E-state index is 12.1. The summed E-state index contributed by atoms with van der Waals surface area (Å²) in [4.78, 5) is 0. The summed E-state index contributed by atoms with van der Waals surface area (Å²) in [6.07, 6.45) is -0.864. The fourth-order valence-corrected chi connectivity index (χ4v) is 2.37. The molecule has 0 aromatic rings. The molecule has 1 aliphatic rings. The van der Waals surface area contributed by atoms with Crippen molar-refractivity contribution in [3.63, 3.8) is 0 Å². The molecular formula is C13H24F3NO. The van der Waals surface area contributed by atoms with Crippen LogP contribution < -0.4 is 5.32 Å². The lowest BCUT2D eigenvalue weighted by atomic mass is 9.95. The molecule has 0 radical (unpaired) electrons. The number of halogens is 3. The Kier molecular flexibility index (Phi) is 7.00. The molecule has 5 heteroatoms. The van der Waals surface area contributed by atoms with E-state index in [0.717, 1.165) is 39.0 Å². The predicted octanol–water partition coefficient (Wildman–Crippen LogP) is 3.51. The molecule has 1 saturated heterocycles. The third-order valence-electron chi connectivity index (χ3n) is 3.34. The van der Waals surface area contributed by atoms with Crippen LogP contribution in [0.5, 0.6) is 0 Å². The second-order valence-electron chi connectivity index (χ2n) is 5.12. The molecule has 0 aromatic heterocycles. The molecule has 1 rings (SSSR count). The van der Waals surface area contributed by atoms with Crippen molar-refractivity contribution < 1.29 is 17.9 Å². The summed E-state index contributed by atoms with van der Waals surface area (Å²) in [5.41, 5.74) is 0. The average Bonchev–Trinajstić information content (AvgIpc) is 2.76. The minimum atomic E-state index is -4.02. The highest BCUT2D eigenvalue weighted by atomic mass is 19.4. The molecule has 2 unspecified atom stereocenters. The number of hydrogen-bond donors (Lipinski definition) is 1. The Bertz CT molecular complexity index is 215. The Hall–Kier alpha value is -0.290. The van der Waals surface area contributed by atoms with Gasteiger partial charge >= 0.3 is 6.18 Å². The molecular weight excluding hydrogens is 243 g/mol. The molecule has 0 spiro atoms. The first-order valence-electron chi connectivity index (χ1n) is 6.89. The normalized spacial score (nSPS) is 22.3. The van der Waals surface area contributed by atoms with Crippen LogP contribution in [0.1, 0.15) is 45.4 Å². The highest BCUT2D eigenvalue weighted by Gasteiger charge is 2.27. The summed E-state index contributed by atoms with van der Waals surface area (Å²) < 4.78 is 41.7. The fourth-order valence-electron chi connectivity index (χ4n) is 2.37. The summed E-state index contributed by atoms with van der Waals surface area (Å²) >= 11 is 0. The van der Waals surface area contributed by atoms with Crippen LogP contribution in [-0.2, 0) is 4.74 Å². The van der Waals surface area contributed by atoms with E-state index in [0.29, 0.717) is 12.3 Å². The van der Waals surface area contributed by atoms with Crippen molar-refractivity contribution in [1.29, 1.82) is 0 Å². The first-order valence-corrected chi connectivity index (χ1v) is 6.89. The van der Waals surface area contributed by atoms with Crippen molar-refractivity contribution in [3.8, 4) is 0 Å². The van der Waals surface area contributed by atoms with Gasteiger partial charge in [-0.05, 0) is 44.6 Å². The number of ether oxygens (including phenoxy) is 1. The van der Waals surface area contributed by atoms with Gasteiger partial charge in [-0.25, -0.2) is 0 Å². The van der Waals surface area contributed by atoms with E-state index in [4.69, 9.17) is 4.74 Å². The maximum atomic E-state index is 12.1. The summed E-state index contributed by atoms with van der Waals surface area (Å²) in [5.74, 6) is 0.519. The van der Waals surface area contributed by atoms with Gasteiger partial charge in [0.15, 0.2) is 0 Å². The predicted molar refractivity (Wildman–Crippen MR) is 65.5 cm³/mol.